The largest absolute Gasteiger partial charge is 0.396 e. The van der Waals surface area contributed by atoms with E-state index in [0.717, 1.165) is 26.1 Å². The minimum Gasteiger partial charge on any atom is -0.396 e. The zero-order valence-corrected chi connectivity index (χ0v) is 11.3. The summed E-state index contributed by atoms with van der Waals surface area (Å²) in [6.45, 7) is 8.23. The van der Waals surface area contributed by atoms with Crippen molar-refractivity contribution < 1.29 is 9.84 Å². The Labute approximate surface area is 105 Å². The fraction of sp³-hybridized carbons (Fsp3) is 1.00. The number of likely N-dealkylation sites (tertiary alicyclic amines) is 1. The molecule has 17 heavy (non-hydrogen) atoms. The van der Waals surface area contributed by atoms with Gasteiger partial charge in [0.2, 0.25) is 0 Å². The second-order valence-electron chi connectivity index (χ2n) is 6.26. The summed E-state index contributed by atoms with van der Waals surface area (Å²) < 4.78 is 5.74. The smallest absolute Gasteiger partial charge is 0.0703 e. The number of ether oxygens (including phenoxy) is 1. The van der Waals surface area contributed by atoms with Crippen LogP contribution in [0.15, 0.2) is 0 Å². The third-order valence-electron chi connectivity index (χ3n) is 4.44. The van der Waals surface area contributed by atoms with Gasteiger partial charge in [-0.1, -0.05) is 0 Å². The van der Waals surface area contributed by atoms with E-state index in [9.17, 15) is 0 Å². The third kappa shape index (κ3) is 3.43. The van der Waals surface area contributed by atoms with E-state index in [1.54, 1.807) is 0 Å². The number of hydrogen-bond donors (Lipinski definition) is 1. The van der Waals surface area contributed by atoms with Gasteiger partial charge in [-0.05, 0) is 58.4 Å². The predicted molar refractivity (Wildman–Crippen MR) is 69.1 cm³/mol. The molecule has 0 aliphatic carbocycles. The normalized spacial score (nSPS) is 34.1. The fourth-order valence-electron chi connectivity index (χ4n) is 3.38. The lowest BCUT2D eigenvalue weighted by Crippen LogP contribution is -2.52. The molecule has 2 heterocycles. The van der Waals surface area contributed by atoms with Crippen molar-refractivity contribution >= 4 is 0 Å². The standard InChI is InChI=1S/C14H27NO2/c1-14(2)10-12(6-8-16)5-7-15(14)11-13-4-3-9-17-13/h12-13,16H,3-11H2,1-2H3. The predicted octanol–water partition coefficient (Wildman–Crippen LogP) is 2.04. The quantitative estimate of drug-likeness (QED) is 0.817. The molecule has 1 N–H and O–H groups in total. The first-order valence-corrected chi connectivity index (χ1v) is 7.09. The third-order valence-corrected chi connectivity index (χ3v) is 4.44. The summed E-state index contributed by atoms with van der Waals surface area (Å²) in [6, 6.07) is 0. The first kappa shape index (κ1) is 13.3. The topological polar surface area (TPSA) is 32.7 Å². The van der Waals surface area contributed by atoms with Gasteiger partial charge < -0.3 is 9.84 Å². The maximum atomic E-state index is 9.05. The molecule has 0 aromatic heterocycles. The van der Waals surface area contributed by atoms with Crippen LogP contribution >= 0.6 is 0 Å². The molecule has 0 saturated carbocycles. The first-order chi connectivity index (χ1) is 8.12. The molecule has 2 fully saturated rings. The molecule has 2 unspecified atom stereocenters. The van der Waals surface area contributed by atoms with Gasteiger partial charge >= 0.3 is 0 Å². The van der Waals surface area contributed by atoms with Gasteiger partial charge in [0, 0.05) is 25.3 Å². The second-order valence-corrected chi connectivity index (χ2v) is 6.26. The number of nitrogens with zero attached hydrogens (tertiary/aromatic N) is 1. The van der Waals surface area contributed by atoms with Crippen LogP contribution in [0.2, 0.25) is 0 Å². The number of aliphatic hydroxyl groups excluding tert-OH is 1. The second kappa shape index (κ2) is 5.68. The van der Waals surface area contributed by atoms with Crippen LogP contribution in [0.5, 0.6) is 0 Å². The van der Waals surface area contributed by atoms with Crippen LogP contribution in [-0.2, 0) is 4.74 Å². The van der Waals surface area contributed by atoms with Crippen molar-refractivity contribution in [3.8, 4) is 0 Å². The van der Waals surface area contributed by atoms with Gasteiger partial charge in [0.05, 0.1) is 6.10 Å². The molecule has 2 aliphatic rings. The van der Waals surface area contributed by atoms with Gasteiger partial charge in [-0.25, -0.2) is 0 Å². The summed E-state index contributed by atoms with van der Waals surface area (Å²) in [5.74, 6) is 0.704. The van der Waals surface area contributed by atoms with E-state index in [-0.39, 0.29) is 5.54 Å². The summed E-state index contributed by atoms with van der Waals surface area (Å²) in [5.41, 5.74) is 0.268. The highest BCUT2D eigenvalue weighted by molar-refractivity contribution is 4.90. The highest BCUT2D eigenvalue weighted by atomic mass is 16.5. The zero-order chi connectivity index (χ0) is 12.3. The molecular weight excluding hydrogens is 214 g/mol. The maximum Gasteiger partial charge on any atom is 0.0703 e. The fourth-order valence-corrected chi connectivity index (χ4v) is 3.38. The van der Waals surface area contributed by atoms with Crippen molar-refractivity contribution in [2.75, 3.05) is 26.3 Å². The summed E-state index contributed by atoms with van der Waals surface area (Å²) in [7, 11) is 0. The van der Waals surface area contributed by atoms with E-state index in [1.165, 1.54) is 25.7 Å². The lowest BCUT2D eigenvalue weighted by molar-refractivity contribution is -0.00600. The van der Waals surface area contributed by atoms with Gasteiger partial charge in [-0.3, -0.25) is 4.90 Å². The molecule has 0 amide bonds. The molecule has 3 heteroatoms. The van der Waals surface area contributed by atoms with E-state index < -0.39 is 0 Å². The average molecular weight is 241 g/mol. The lowest BCUT2D eigenvalue weighted by atomic mass is 9.81. The van der Waals surface area contributed by atoms with Crippen LogP contribution in [0.4, 0.5) is 0 Å². The van der Waals surface area contributed by atoms with Crippen molar-refractivity contribution in [2.24, 2.45) is 5.92 Å². The van der Waals surface area contributed by atoms with Crippen molar-refractivity contribution in [1.82, 2.24) is 4.90 Å². The van der Waals surface area contributed by atoms with Gasteiger partial charge in [-0.2, -0.15) is 0 Å². The molecule has 2 atom stereocenters. The molecule has 0 spiro atoms. The van der Waals surface area contributed by atoms with Crippen molar-refractivity contribution in [3.63, 3.8) is 0 Å². The van der Waals surface area contributed by atoms with Crippen LogP contribution in [0.1, 0.15) is 46.0 Å². The van der Waals surface area contributed by atoms with Gasteiger partial charge in [0.1, 0.15) is 0 Å². The van der Waals surface area contributed by atoms with E-state index in [0.29, 0.717) is 18.6 Å². The first-order valence-electron chi connectivity index (χ1n) is 7.09. The Bertz CT molecular complexity index is 236. The van der Waals surface area contributed by atoms with Crippen molar-refractivity contribution in [2.45, 2.75) is 57.6 Å². The van der Waals surface area contributed by atoms with Crippen LogP contribution in [-0.4, -0.2) is 48.0 Å². The Morgan fingerprint density at radius 3 is 2.76 bits per heavy atom. The summed E-state index contributed by atoms with van der Waals surface area (Å²) >= 11 is 0. The molecule has 0 aromatic rings. The Morgan fingerprint density at radius 1 is 1.35 bits per heavy atom. The number of rotatable bonds is 4. The highest BCUT2D eigenvalue weighted by Crippen LogP contribution is 2.33. The van der Waals surface area contributed by atoms with E-state index in [1.807, 2.05) is 0 Å². The Morgan fingerprint density at radius 2 is 2.18 bits per heavy atom. The van der Waals surface area contributed by atoms with Crippen molar-refractivity contribution in [3.05, 3.63) is 0 Å². The zero-order valence-electron chi connectivity index (χ0n) is 11.3. The minimum atomic E-state index is 0.268. The Hall–Kier alpha value is -0.120. The van der Waals surface area contributed by atoms with Crippen LogP contribution < -0.4 is 0 Å². The summed E-state index contributed by atoms with van der Waals surface area (Å²) in [6.07, 6.45) is 6.33. The number of aliphatic hydroxyl groups is 1. The molecule has 100 valence electrons. The van der Waals surface area contributed by atoms with Gasteiger partial charge in [0.25, 0.3) is 0 Å². The molecule has 2 saturated heterocycles. The molecule has 0 radical (unpaired) electrons. The van der Waals surface area contributed by atoms with Gasteiger partial charge in [-0.15, -0.1) is 0 Å². The maximum absolute atomic E-state index is 9.05. The highest BCUT2D eigenvalue weighted by Gasteiger charge is 2.35. The minimum absolute atomic E-state index is 0.268. The number of hydrogen-bond acceptors (Lipinski definition) is 3. The average Bonchev–Trinajstić information content (AvgIpc) is 2.74. The monoisotopic (exact) mass is 241 g/mol. The molecule has 0 bridgehead atoms. The molecule has 0 aromatic carbocycles. The summed E-state index contributed by atoms with van der Waals surface area (Å²) in [5, 5.41) is 9.05. The molecular formula is C14H27NO2. The van der Waals surface area contributed by atoms with Gasteiger partial charge in [0.15, 0.2) is 0 Å². The lowest BCUT2D eigenvalue weighted by Gasteiger charge is -2.46. The van der Waals surface area contributed by atoms with E-state index in [2.05, 4.69) is 18.7 Å². The Balaban J connectivity index is 1.86. The molecule has 3 nitrogen and oxygen atoms in total. The molecule has 2 rings (SSSR count). The van der Waals surface area contributed by atoms with Crippen LogP contribution in [0.3, 0.4) is 0 Å². The van der Waals surface area contributed by atoms with E-state index in [4.69, 9.17) is 9.84 Å². The van der Waals surface area contributed by atoms with Crippen LogP contribution in [0, 0.1) is 5.92 Å². The summed E-state index contributed by atoms with van der Waals surface area (Å²) in [4.78, 5) is 2.59. The van der Waals surface area contributed by atoms with Crippen molar-refractivity contribution in [1.29, 1.82) is 0 Å². The Kier molecular flexibility index (Phi) is 4.45. The van der Waals surface area contributed by atoms with Crippen LogP contribution in [0.25, 0.3) is 0 Å². The molecule has 2 aliphatic heterocycles. The van der Waals surface area contributed by atoms with E-state index >= 15 is 0 Å². The SMILES string of the molecule is CC1(C)CC(CCO)CCN1CC1CCCO1. The number of piperidine rings is 1.